The van der Waals surface area contributed by atoms with E-state index in [2.05, 4.69) is 10.3 Å². The molecule has 2 aromatic heterocycles. The topological polar surface area (TPSA) is 65.5 Å². The summed E-state index contributed by atoms with van der Waals surface area (Å²) in [4.78, 5) is 33.9. The van der Waals surface area contributed by atoms with E-state index < -0.39 is 11.7 Å². The number of carbonyl (C=O) groups excluding carboxylic acids is 2. The number of alkyl halides is 3. The van der Waals surface area contributed by atoms with Crippen molar-refractivity contribution in [3.63, 3.8) is 0 Å². The van der Waals surface area contributed by atoms with Crippen LogP contribution in [-0.2, 0) is 6.18 Å². The number of benzene rings is 2. The van der Waals surface area contributed by atoms with E-state index in [4.69, 9.17) is 0 Å². The van der Waals surface area contributed by atoms with Crippen molar-refractivity contribution in [2.45, 2.75) is 24.7 Å². The third-order valence-electron chi connectivity index (χ3n) is 6.98. The maximum absolute atomic E-state index is 13.1. The van der Waals surface area contributed by atoms with Gasteiger partial charge in [-0.15, -0.1) is 22.7 Å². The van der Waals surface area contributed by atoms with Crippen molar-refractivity contribution in [1.82, 2.24) is 20.1 Å². The van der Waals surface area contributed by atoms with E-state index in [1.165, 1.54) is 28.7 Å². The number of nitrogens with zero attached hydrogens (tertiary/aromatic N) is 3. The summed E-state index contributed by atoms with van der Waals surface area (Å²) >= 11 is 2.74. The largest absolute Gasteiger partial charge is 0.416 e. The predicted molar refractivity (Wildman–Crippen MR) is 142 cm³/mol. The SMILES string of the molecule is O=C(c1cc2cc(-c3cccc(C(F)(F)F)c3)ccc2s1)N1CC(N[C@H]2CCN(C(=O)c3nccs3)C2)C1. The van der Waals surface area contributed by atoms with Gasteiger partial charge < -0.3 is 15.1 Å². The van der Waals surface area contributed by atoms with Crippen molar-refractivity contribution in [2.75, 3.05) is 26.2 Å². The van der Waals surface area contributed by atoms with Crippen LogP contribution in [0.1, 0.15) is 31.5 Å². The number of fused-ring (bicyclic) bond motifs is 1. The van der Waals surface area contributed by atoms with Crippen molar-refractivity contribution in [2.24, 2.45) is 0 Å². The maximum atomic E-state index is 13.1. The zero-order valence-electron chi connectivity index (χ0n) is 20.1. The van der Waals surface area contributed by atoms with Gasteiger partial charge in [-0.1, -0.05) is 18.2 Å². The van der Waals surface area contributed by atoms with E-state index in [9.17, 15) is 22.8 Å². The fraction of sp³-hybridized carbons (Fsp3) is 0.296. The van der Waals surface area contributed by atoms with Crippen molar-refractivity contribution in [1.29, 1.82) is 0 Å². The molecule has 6 rings (SSSR count). The van der Waals surface area contributed by atoms with Crippen molar-refractivity contribution in [3.05, 3.63) is 75.6 Å². The third kappa shape index (κ3) is 4.93. The predicted octanol–water partition coefficient (Wildman–Crippen LogP) is 5.37. The van der Waals surface area contributed by atoms with Gasteiger partial charge in [0.05, 0.1) is 10.4 Å². The first kappa shape index (κ1) is 25.0. The molecule has 2 saturated heterocycles. The Kier molecular flexibility index (Phi) is 6.45. The van der Waals surface area contributed by atoms with Gasteiger partial charge in [-0.2, -0.15) is 13.2 Å². The van der Waals surface area contributed by atoms with Crippen LogP contribution in [0.25, 0.3) is 21.2 Å². The highest BCUT2D eigenvalue weighted by Gasteiger charge is 2.36. The maximum Gasteiger partial charge on any atom is 0.416 e. The Bertz CT molecular complexity index is 1500. The highest BCUT2D eigenvalue weighted by molar-refractivity contribution is 7.20. The third-order valence-corrected chi connectivity index (χ3v) is 8.85. The molecule has 2 aromatic carbocycles. The molecule has 11 heteroatoms. The summed E-state index contributed by atoms with van der Waals surface area (Å²) in [5.74, 6) is -0.0763. The first-order valence-electron chi connectivity index (χ1n) is 12.2. The zero-order chi connectivity index (χ0) is 26.4. The molecular weight excluding hydrogens is 533 g/mol. The molecule has 2 aliphatic heterocycles. The van der Waals surface area contributed by atoms with Crippen molar-refractivity contribution >= 4 is 44.6 Å². The first-order chi connectivity index (χ1) is 18.2. The summed E-state index contributed by atoms with van der Waals surface area (Å²) in [6, 6.07) is 12.9. The van der Waals surface area contributed by atoms with Gasteiger partial charge >= 0.3 is 6.18 Å². The van der Waals surface area contributed by atoms with Crippen LogP contribution in [0.4, 0.5) is 13.2 Å². The van der Waals surface area contributed by atoms with Crippen molar-refractivity contribution < 1.29 is 22.8 Å². The van der Waals surface area contributed by atoms with E-state index in [-0.39, 0.29) is 23.9 Å². The van der Waals surface area contributed by atoms with Gasteiger partial charge in [-0.05, 0) is 53.3 Å². The van der Waals surface area contributed by atoms with Crippen LogP contribution < -0.4 is 5.32 Å². The molecule has 2 amide bonds. The smallest absolute Gasteiger partial charge is 0.335 e. The number of hydrogen-bond donors (Lipinski definition) is 1. The number of halogens is 3. The van der Waals surface area contributed by atoms with Crippen LogP contribution >= 0.6 is 22.7 Å². The van der Waals surface area contributed by atoms with Crippen LogP contribution in [0.3, 0.4) is 0 Å². The number of nitrogens with one attached hydrogen (secondary N) is 1. The normalized spacial score (nSPS) is 18.2. The average Bonchev–Trinajstić information content (AvgIpc) is 3.65. The van der Waals surface area contributed by atoms with E-state index in [0.29, 0.717) is 47.2 Å². The highest BCUT2D eigenvalue weighted by Crippen LogP contribution is 2.35. The molecule has 0 unspecified atom stereocenters. The first-order valence-corrected chi connectivity index (χ1v) is 13.9. The number of aromatic nitrogens is 1. The van der Waals surface area contributed by atoms with Gasteiger partial charge in [0.2, 0.25) is 0 Å². The number of thiazole rings is 1. The quantitative estimate of drug-likeness (QED) is 0.359. The molecule has 6 nitrogen and oxygen atoms in total. The van der Waals surface area contributed by atoms with Gasteiger partial charge in [0.25, 0.3) is 11.8 Å². The lowest BCUT2D eigenvalue weighted by atomic mass is 10.0. The Morgan fingerprint density at radius 1 is 0.947 bits per heavy atom. The number of likely N-dealkylation sites (tertiary alicyclic amines) is 2. The highest BCUT2D eigenvalue weighted by atomic mass is 32.1. The Morgan fingerprint density at radius 3 is 2.50 bits per heavy atom. The number of hydrogen-bond acceptors (Lipinski definition) is 6. The van der Waals surface area contributed by atoms with Crippen LogP contribution in [0.2, 0.25) is 0 Å². The molecule has 38 heavy (non-hydrogen) atoms. The summed E-state index contributed by atoms with van der Waals surface area (Å²) in [7, 11) is 0. The lowest BCUT2D eigenvalue weighted by Crippen LogP contribution is -2.61. The monoisotopic (exact) mass is 556 g/mol. The molecule has 0 aliphatic carbocycles. The van der Waals surface area contributed by atoms with Gasteiger partial charge in [-0.3, -0.25) is 9.59 Å². The second kappa shape index (κ2) is 9.79. The standard InChI is InChI=1S/C27H23F3N4O2S2/c28-27(29,30)19-3-1-2-16(11-19)17-4-5-22-18(10-17)12-23(38-22)25(35)34-14-21(15-34)32-20-6-8-33(13-20)26(36)24-31-7-9-37-24/h1-5,7,9-12,20-21,32H,6,8,13-15H2/t20-/m0/s1. The Labute approximate surface area is 224 Å². The Balaban J connectivity index is 1.06. The molecule has 4 aromatic rings. The van der Waals surface area contributed by atoms with Crippen molar-refractivity contribution in [3.8, 4) is 11.1 Å². The second-order valence-electron chi connectivity index (χ2n) is 9.59. The van der Waals surface area contributed by atoms with Gasteiger partial charge in [0, 0.05) is 54.5 Å². The summed E-state index contributed by atoms with van der Waals surface area (Å²) in [6.07, 6.45) is -1.90. The molecule has 1 atom stereocenters. The molecule has 1 N–H and O–H groups in total. The molecule has 0 bridgehead atoms. The Hall–Kier alpha value is -3.28. The van der Waals surface area contributed by atoms with Gasteiger partial charge in [0.15, 0.2) is 5.01 Å². The number of amides is 2. The lowest BCUT2D eigenvalue weighted by Gasteiger charge is -2.40. The number of rotatable bonds is 5. The number of thiophene rings is 1. The van der Waals surface area contributed by atoms with Crippen LogP contribution in [0.5, 0.6) is 0 Å². The molecule has 2 fully saturated rings. The minimum atomic E-state index is -4.40. The fourth-order valence-electron chi connectivity index (χ4n) is 4.99. The molecule has 2 aliphatic rings. The lowest BCUT2D eigenvalue weighted by molar-refractivity contribution is -0.137. The molecule has 0 spiro atoms. The van der Waals surface area contributed by atoms with Crippen LogP contribution in [-0.4, -0.2) is 64.9 Å². The molecular formula is C27H23F3N4O2S2. The summed E-state index contributed by atoms with van der Waals surface area (Å²) in [6.45, 7) is 2.52. The van der Waals surface area contributed by atoms with E-state index in [1.54, 1.807) is 28.6 Å². The Morgan fingerprint density at radius 2 is 1.74 bits per heavy atom. The second-order valence-corrected chi connectivity index (χ2v) is 11.6. The fourth-order valence-corrected chi connectivity index (χ4v) is 6.60. The van der Waals surface area contributed by atoms with E-state index >= 15 is 0 Å². The zero-order valence-corrected chi connectivity index (χ0v) is 21.7. The molecule has 196 valence electrons. The summed E-state index contributed by atoms with van der Waals surface area (Å²) in [5, 5.41) is 6.71. The van der Waals surface area contributed by atoms with E-state index in [1.807, 2.05) is 23.1 Å². The summed E-state index contributed by atoms with van der Waals surface area (Å²) in [5.41, 5.74) is 0.470. The molecule has 4 heterocycles. The minimum absolute atomic E-state index is 0.0318. The number of carbonyl (C=O) groups is 2. The molecule has 0 radical (unpaired) electrons. The summed E-state index contributed by atoms with van der Waals surface area (Å²) < 4.78 is 40.3. The van der Waals surface area contributed by atoms with Crippen LogP contribution in [0.15, 0.2) is 60.1 Å². The average molecular weight is 557 g/mol. The molecule has 0 saturated carbocycles. The van der Waals surface area contributed by atoms with Crippen LogP contribution in [0, 0.1) is 0 Å². The van der Waals surface area contributed by atoms with E-state index in [0.717, 1.165) is 28.6 Å². The van der Waals surface area contributed by atoms with Gasteiger partial charge in [-0.25, -0.2) is 4.98 Å². The minimum Gasteiger partial charge on any atom is -0.335 e. The van der Waals surface area contributed by atoms with Gasteiger partial charge in [0.1, 0.15) is 0 Å².